The zero-order valence-corrected chi connectivity index (χ0v) is 20.5. The topological polar surface area (TPSA) is 25.2 Å². The van der Waals surface area contributed by atoms with E-state index in [9.17, 15) is 4.79 Å². The maximum Gasteiger partial charge on any atom is 0.270 e. The lowest BCUT2D eigenvalue weighted by Gasteiger charge is -2.13. The van der Waals surface area contributed by atoms with E-state index in [1.165, 1.54) is 17.3 Å². The summed E-state index contributed by atoms with van der Waals surface area (Å²) < 4.78 is 3.93. The highest BCUT2D eigenvalue weighted by Gasteiger charge is 2.33. The third kappa shape index (κ3) is 3.83. The summed E-state index contributed by atoms with van der Waals surface area (Å²) in [4.78, 5) is 15.5. The second kappa shape index (κ2) is 8.70. The molecule has 158 valence electrons. The first kappa shape index (κ1) is 21.2. The van der Waals surface area contributed by atoms with Gasteiger partial charge in [0, 0.05) is 33.2 Å². The summed E-state index contributed by atoms with van der Waals surface area (Å²) in [6.45, 7) is 2.88. The van der Waals surface area contributed by atoms with Crippen LogP contribution in [-0.2, 0) is 11.3 Å². The van der Waals surface area contributed by atoms with Gasteiger partial charge in [-0.2, -0.15) is 0 Å². The van der Waals surface area contributed by atoms with E-state index in [0.29, 0.717) is 9.23 Å². The summed E-state index contributed by atoms with van der Waals surface area (Å²) in [5.74, 6) is -0.0738. The molecule has 1 aromatic heterocycles. The van der Waals surface area contributed by atoms with Crippen molar-refractivity contribution >= 4 is 72.8 Å². The lowest BCUT2D eigenvalue weighted by molar-refractivity contribution is -0.113. The fraction of sp³-hybridized carbons (Fsp3) is 0.0769. The average molecular weight is 519 g/mol. The number of benzene rings is 3. The Labute approximate surface area is 204 Å². The SMILES string of the molecule is Cc1c(/C=C2/SC(=S)N(c3ccccc3)C2=O)c2ccccc2n1Cc1ccc(Br)cc1. The molecule has 1 amide bonds. The molecule has 4 aromatic rings. The summed E-state index contributed by atoms with van der Waals surface area (Å²) in [5.41, 5.74) is 5.36. The van der Waals surface area contributed by atoms with Gasteiger partial charge >= 0.3 is 0 Å². The highest BCUT2D eigenvalue weighted by Crippen LogP contribution is 2.38. The van der Waals surface area contributed by atoms with Gasteiger partial charge in [-0.15, -0.1) is 0 Å². The Bertz CT molecular complexity index is 1370. The number of carbonyl (C=O) groups is 1. The zero-order valence-electron chi connectivity index (χ0n) is 17.3. The molecule has 1 aliphatic heterocycles. The molecule has 3 aromatic carbocycles. The van der Waals surface area contributed by atoms with Gasteiger partial charge in [0.25, 0.3) is 5.91 Å². The van der Waals surface area contributed by atoms with Gasteiger partial charge in [-0.25, -0.2) is 0 Å². The molecule has 0 bridgehead atoms. The number of aromatic nitrogens is 1. The van der Waals surface area contributed by atoms with Crippen molar-refractivity contribution in [2.24, 2.45) is 0 Å². The summed E-state index contributed by atoms with van der Waals surface area (Å²) in [7, 11) is 0. The van der Waals surface area contributed by atoms with Crippen LogP contribution in [0.4, 0.5) is 5.69 Å². The lowest BCUT2D eigenvalue weighted by atomic mass is 10.1. The van der Waals surface area contributed by atoms with Gasteiger partial charge in [0.05, 0.1) is 10.6 Å². The molecule has 0 atom stereocenters. The van der Waals surface area contributed by atoms with Crippen molar-refractivity contribution in [3.8, 4) is 0 Å². The maximum atomic E-state index is 13.2. The highest BCUT2D eigenvalue weighted by atomic mass is 79.9. The zero-order chi connectivity index (χ0) is 22.2. The number of hydrogen-bond acceptors (Lipinski definition) is 3. The summed E-state index contributed by atoms with van der Waals surface area (Å²) in [6.07, 6.45) is 2.00. The van der Waals surface area contributed by atoms with Crippen LogP contribution < -0.4 is 4.90 Å². The van der Waals surface area contributed by atoms with Crippen LogP contribution in [0, 0.1) is 6.92 Å². The van der Waals surface area contributed by atoms with Crippen LogP contribution in [0.5, 0.6) is 0 Å². The number of halogens is 1. The molecular weight excluding hydrogens is 500 g/mol. The van der Waals surface area contributed by atoms with E-state index in [1.54, 1.807) is 4.90 Å². The molecule has 1 saturated heterocycles. The average Bonchev–Trinajstić information content (AvgIpc) is 3.23. The fourth-order valence-corrected chi connectivity index (χ4v) is 5.56. The summed E-state index contributed by atoms with van der Waals surface area (Å²) in [5, 5.41) is 1.13. The molecule has 0 aliphatic carbocycles. The minimum atomic E-state index is -0.0738. The van der Waals surface area contributed by atoms with Crippen molar-refractivity contribution < 1.29 is 4.79 Å². The number of thioether (sulfide) groups is 1. The molecule has 1 fully saturated rings. The minimum Gasteiger partial charge on any atom is -0.340 e. The Balaban J connectivity index is 1.57. The standard InChI is InChI=1S/C26H19BrN2OS2/c1-17-22(15-24-25(30)29(26(31)32-24)20-7-3-2-4-8-20)21-9-5-6-10-23(21)28(17)16-18-11-13-19(27)14-12-18/h2-15H,16H2,1H3/b24-15+. The Morgan fingerprint density at radius 2 is 1.66 bits per heavy atom. The number of hydrogen-bond donors (Lipinski definition) is 0. The van der Waals surface area contributed by atoms with E-state index >= 15 is 0 Å². The van der Waals surface area contributed by atoms with E-state index in [2.05, 4.69) is 69.9 Å². The smallest absolute Gasteiger partial charge is 0.270 e. The van der Waals surface area contributed by atoms with Gasteiger partial charge in [0.15, 0.2) is 4.32 Å². The van der Waals surface area contributed by atoms with Crippen LogP contribution in [0.2, 0.25) is 0 Å². The number of fused-ring (bicyclic) bond motifs is 1. The second-order valence-electron chi connectivity index (χ2n) is 7.58. The van der Waals surface area contributed by atoms with Gasteiger partial charge in [-0.3, -0.25) is 9.69 Å². The van der Waals surface area contributed by atoms with Crippen molar-refractivity contribution in [1.29, 1.82) is 0 Å². The van der Waals surface area contributed by atoms with Crippen molar-refractivity contribution in [3.63, 3.8) is 0 Å². The molecule has 0 spiro atoms. The van der Waals surface area contributed by atoms with Crippen LogP contribution in [0.15, 0.2) is 88.2 Å². The predicted molar refractivity (Wildman–Crippen MR) is 142 cm³/mol. The Kier molecular flexibility index (Phi) is 5.76. The summed E-state index contributed by atoms with van der Waals surface area (Å²) >= 11 is 10.4. The molecule has 3 nitrogen and oxygen atoms in total. The second-order valence-corrected chi connectivity index (χ2v) is 10.2. The van der Waals surface area contributed by atoms with E-state index in [0.717, 1.165) is 38.9 Å². The third-order valence-electron chi connectivity index (χ3n) is 5.62. The van der Waals surface area contributed by atoms with Gasteiger partial charge in [-0.1, -0.05) is 88.4 Å². The molecule has 5 rings (SSSR count). The molecule has 0 N–H and O–H groups in total. The van der Waals surface area contributed by atoms with Crippen LogP contribution in [0.25, 0.3) is 17.0 Å². The van der Waals surface area contributed by atoms with Crippen LogP contribution in [0.3, 0.4) is 0 Å². The van der Waals surface area contributed by atoms with Crippen LogP contribution in [-0.4, -0.2) is 14.8 Å². The lowest BCUT2D eigenvalue weighted by Crippen LogP contribution is -2.27. The van der Waals surface area contributed by atoms with Crippen molar-refractivity contribution in [3.05, 3.63) is 105 Å². The normalized spacial score (nSPS) is 15.3. The molecule has 6 heteroatoms. The number of anilines is 1. The highest BCUT2D eigenvalue weighted by molar-refractivity contribution is 9.10. The number of para-hydroxylation sites is 2. The molecule has 1 aliphatic rings. The molecule has 0 radical (unpaired) electrons. The fourth-order valence-electron chi connectivity index (χ4n) is 4.01. The molecule has 32 heavy (non-hydrogen) atoms. The number of thiocarbonyl (C=S) groups is 1. The molecular formula is C26H19BrN2OS2. The Hall–Kier alpha value is -2.67. The minimum absolute atomic E-state index is 0.0738. The van der Waals surface area contributed by atoms with Crippen LogP contribution >= 0.6 is 39.9 Å². The molecule has 0 saturated carbocycles. The van der Waals surface area contributed by atoms with Gasteiger partial charge < -0.3 is 4.57 Å². The van der Waals surface area contributed by atoms with Gasteiger partial charge in [0.2, 0.25) is 0 Å². The van der Waals surface area contributed by atoms with E-state index < -0.39 is 0 Å². The van der Waals surface area contributed by atoms with E-state index in [-0.39, 0.29) is 5.91 Å². The number of nitrogens with zero attached hydrogens (tertiary/aromatic N) is 2. The molecule has 2 heterocycles. The monoisotopic (exact) mass is 518 g/mol. The Morgan fingerprint density at radius 3 is 2.41 bits per heavy atom. The maximum absolute atomic E-state index is 13.2. The quantitative estimate of drug-likeness (QED) is 0.211. The van der Waals surface area contributed by atoms with Crippen molar-refractivity contribution in [2.45, 2.75) is 13.5 Å². The first-order chi connectivity index (χ1) is 15.5. The van der Waals surface area contributed by atoms with Gasteiger partial charge in [0.1, 0.15) is 0 Å². The largest absolute Gasteiger partial charge is 0.340 e. The van der Waals surface area contributed by atoms with Crippen molar-refractivity contribution in [1.82, 2.24) is 4.57 Å². The third-order valence-corrected chi connectivity index (χ3v) is 7.45. The van der Waals surface area contributed by atoms with E-state index in [1.807, 2.05) is 42.5 Å². The number of amides is 1. The predicted octanol–water partition coefficient (Wildman–Crippen LogP) is 7.17. The first-order valence-electron chi connectivity index (χ1n) is 10.2. The number of carbonyl (C=O) groups excluding carboxylic acids is 1. The van der Waals surface area contributed by atoms with E-state index in [4.69, 9.17) is 12.2 Å². The molecule has 0 unspecified atom stereocenters. The van der Waals surface area contributed by atoms with Crippen LogP contribution in [0.1, 0.15) is 16.8 Å². The van der Waals surface area contributed by atoms with Crippen molar-refractivity contribution in [2.75, 3.05) is 4.90 Å². The van der Waals surface area contributed by atoms with Gasteiger partial charge in [-0.05, 0) is 48.9 Å². The number of rotatable bonds is 4. The Morgan fingerprint density at radius 1 is 0.969 bits per heavy atom. The summed E-state index contributed by atoms with van der Waals surface area (Å²) in [6, 6.07) is 26.3. The first-order valence-corrected chi connectivity index (χ1v) is 12.2.